The van der Waals surface area contributed by atoms with Crippen LogP contribution in [-0.2, 0) is 16.1 Å². The molecule has 0 aromatic heterocycles. The lowest BCUT2D eigenvalue weighted by Gasteiger charge is -2.12. The van der Waals surface area contributed by atoms with Crippen LogP contribution in [0.4, 0.5) is 4.39 Å². The first-order chi connectivity index (χ1) is 12.5. The first-order valence-corrected chi connectivity index (χ1v) is 7.86. The average molecular weight is 361 g/mol. The zero-order chi connectivity index (χ0) is 19.1. The first-order valence-electron chi connectivity index (χ1n) is 7.86. The van der Waals surface area contributed by atoms with Gasteiger partial charge in [-0.3, -0.25) is 4.79 Å². The van der Waals surface area contributed by atoms with E-state index in [2.05, 4.69) is 5.32 Å². The molecule has 138 valence electrons. The largest absolute Gasteiger partial charge is 0.493 e. The molecular weight excluding hydrogens is 341 g/mol. The van der Waals surface area contributed by atoms with Crippen LogP contribution in [0.3, 0.4) is 0 Å². The van der Waals surface area contributed by atoms with Gasteiger partial charge in [0.05, 0.1) is 14.2 Å². The lowest BCUT2D eigenvalue weighted by Crippen LogP contribution is -2.28. The Hall–Kier alpha value is -3.09. The molecule has 0 unspecified atom stereocenters. The van der Waals surface area contributed by atoms with Crippen molar-refractivity contribution in [2.45, 2.75) is 13.5 Å². The highest BCUT2D eigenvalue weighted by Gasteiger charge is 2.18. The van der Waals surface area contributed by atoms with Crippen LogP contribution in [0.25, 0.3) is 0 Å². The number of para-hydroxylation sites is 1. The summed E-state index contributed by atoms with van der Waals surface area (Å²) in [5, 5.41) is 2.56. The summed E-state index contributed by atoms with van der Waals surface area (Å²) in [7, 11) is 2.86. The van der Waals surface area contributed by atoms with E-state index < -0.39 is 18.5 Å². The van der Waals surface area contributed by atoms with E-state index in [1.165, 1.54) is 26.4 Å². The Balaban J connectivity index is 1.91. The second kappa shape index (κ2) is 8.84. The van der Waals surface area contributed by atoms with Gasteiger partial charge in [0.15, 0.2) is 18.1 Å². The van der Waals surface area contributed by atoms with E-state index in [9.17, 15) is 14.0 Å². The zero-order valence-corrected chi connectivity index (χ0v) is 14.8. The number of halogens is 1. The number of ether oxygens (including phenoxy) is 3. The Morgan fingerprint density at radius 3 is 2.54 bits per heavy atom. The highest BCUT2D eigenvalue weighted by molar-refractivity contribution is 5.94. The van der Waals surface area contributed by atoms with Crippen molar-refractivity contribution >= 4 is 11.9 Å². The van der Waals surface area contributed by atoms with Crippen LogP contribution in [0.5, 0.6) is 11.5 Å². The van der Waals surface area contributed by atoms with E-state index >= 15 is 0 Å². The maximum absolute atomic E-state index is 13.5. The summed E-state index contributed by atoms with van der Waals surface area (Å²) in [5.41, 5.74) is 1.30. The summed E-state index contributed by atoms with van der Waals surface area (Å²) in [6, 6.07) is 9.46. The molecule has 1 amide bonds. The minimum atomic E-state index is -0.711. The van der Waals surface area contributed by atoms with Gasteiger partial charge in [-0.25, -0.2) is 9.18 Å². The van der Waals surface area contributed by atoms with Gasteiger partial charge < -0.3 is 19.5 Å². The lowest BCUT2D eigenvalue weighted by atomic mass is 10.1. The summed E-state index contributed by atoms with van der Waals surface area (Å²) >= 11 is 0. The molecule has 7 heteroatoms. The van der Waals surface area contributed by atoms with E-state index in [-0.39, 0.29) is 23.7 Å². The topological polar surface area (TPSA) is 73.9 Å². The molecular formula is C19H20FNO5. The molecule has 0 aliphatic heterocycles. The molecule has 2 aromatic carbocycles. The number of esters is 1. The van der Waals surface area contributed by atoms with Gasteiger partial charge in [-0.1, -0.05) is 18.2 Å². The first kappa shape index (κ1) is 19.2. The third kappa shape index (κ3) is 4.72. The van der Waals surface area contributed by atoms with Gasteiger partial charge in [0, 0.05) is 6.54 Å². The van der Waals surface area contributed by atoms with Crippen molar-refractivity contribution in [2.24, 2.45) is 0 Å². The maximum atomic E-state index is 13.5. The van der Waals surface area contributed by atoms with Gasteiger partial charge in [-0.2, -0.15) is 0 Å². The fourth-order valence-electron chi connectivity index (χ4n) is 2.25. The normalized spacial score (nSPS) is 10.2. The maximum Gasteiger partial charge on any atom is 0.342 e. The second-order valence-electron chi connectivity index (χ2n) is 5.48. The van der Waals surface area contributed by atoms with E-state index in [1.807, 2.05) is 0 Å². The third-order valence-electron chi connectivity index (χ3n) is 3.68. The molecule has 0 saturated heterocycles. The summed E-state index contributed by atoms with van der Waals surface area (Å²) in [6.45, 7) is 1.33. The molecule has 0 heterocycles. The van der Waals surface area contributed by atoms with Crippen LogP contribution in [0, 0.1) is 12.7 Å². The predicted octanol–water partition coefficient (Wildman–Crippen LogP) is 2.62. The Kier molecular flexibility index (Phi) is 6.54. The van der Waals surface area contributed by atoms with Gasteiger partial charge in [0.1, 0.15) is 11.4 Å². The van der Waals surface area contributed by atoms with Crippen LogP contribution >= 0.6 is 0 Å². The van der Waals surface area contributed by atoms with Crippen molar-refractivity contribution in [3.8, 4) is 11.5 Å². The van der Waals surface area contributed by atoms with Crippen molar-refractivity contribution in [1.29, 1.82) is 0 Å². The van der Waals surface area contributed by atoms with Gasteiger partial charge in [0.2, 0.25) is 0 Å². The fourth-order valence-corrected chi connectivity index (χ4v) is 2.25. The Bertz CT molecular complexity index is 807. The molecule has 0 atom stereocenters. The van der Waals surface area contributed by atoms with Crippen molar-refractivity contribution < 1.29 is 28.2 Å². The number of carbonyl (C=O) groups excluding carboxylic acids is 2. The molecule has 0 aliphatic rings. The van der Waals surface area contributed by atoms with E-state index in [0.29, 0.717) is 16.9 Å². The van der Waals surface area contributed by atoms with Crippen molar-refractivity contribution in [3.05, 3.63) is 58.9 Å². The van der Waals surface area contributed by atoms with Crippen molar-refractivity contribution in [3.63, 3.8) is 0 Å². The number of carbonyl (C=O) groups is 2. The monoisotopic (exact) mass is 361 g/mol. The van der Waals surface area contributed by atoms with Crippen LogP contribution in [0.15, 0.2) is 36.4 Å². The quantitative estimate of drug-likeness (QED) is 0.768. The van der Waals surface area contributed by atoms with Gasteiger partial charge >= 0.3 is 5.97 Å². The molecule has 0 saturated carbocycles. The number of benzene rings is 2. The SMILES string of the molecule is COc1cccc(C(=O)OCC(=O)NCc2ccc(C)c(F)c2)c1OC. The fraction of sp³-hybridized carbons (Fsp3) is 0.263. The Labute approximate surface area is 150 Å². The van der Waals surface area contributed by atoms with Gasteiger partial charge in [0.25, 0.3) is 5.91 Å². The number of hydrogen-bond donors (Lipinski definition) is 1. The molecule has 0 aliphatic carbocycles. The van der Waals surface area contributed by atoms with E-state index in [0.717, 1.165) is 0 Å². The van der Waals surface area contributed by atoms with Gasteiger partial charge in [-0.15, -0.1) is 0 Å². The van der Waals surface area contributed by atoms with Crippen LogP contribution in [-0.4, -0.2) is 32.7 Å². The number of amides is 1. The minimum Gasteiger partial charge on any atom is -0.493 e. The van der Waals surface area contributed by atoms with Crippen molar-refractivity contribution in [1.82, 2.24) is 5.32 Å². The highest BCUT2D eigenvalue weighted by atomic mass is 19.1. The van der Waals surface area contributed by atoms with Crippen molar-refractivity contribution in [2.75, 3.05) is 20.8 Å². The molecule has 2 rings (SSSR count). The Morgan fingerprint density at radius 1 is 1.12 bits per heavy atom. The number of methoxy groups -OCH3 is 2. The number of nitrogens with one attached hydrogen (secondary N) is 1. The zero-order valence-electron chi connectivity index (χ0n) is 14.8. The summed E-state index contributed by atoms with van der Waals surface area (Å²) < 4.78 is 28.8. The Morgan fingerprint density at radius 2 is 1.88 bits per heavy atom. The number of aryl methyl sites for hydroxylation is 1. The molecule has 0 fully saturated rings. The minimum absolute atomic E-state index is 0.135. The average Bonchev–Trinajstić information content (AvgIpc) is 2.66. The van der Waals surface area contributed by atoms with E-state index in [1.54, 1.807) is 31.2 Å². The molecule has 2 aromatic rings. The number of hydrogen-bond acceptors (Lipinski definition) is 5. The summed E-state index contributed by atoms with van der Waals surface area (Å²) in [4.78, 5) is 24.0. The highest BCUT2D eigenvalue weighted by Crippen LogP contribution is 2.31. The van der Waals surface area contributed by atoms with Crippen LogP contribution in [0.1, 0.15) is 21.5 Å². The van der Waals surface area contributed by atoms with E-state index in [4.69, 9.17) is 14.2 Å². The lowest BCUT2D eigenvalue weighted by molar-refractivity contribution is -0.124. The molecule has 0 bridgehead atoms. The van der Waals surface area contributed by atoms with Gasteiger partial charge in [-0.05, 0) is 36.2 Å². The standard InChI is InChI=1S/C19H20FNO5/c1-12-7-8-13(9-15(12)20)10-21-17(22)11-26-19(23)14-5-4-6-16(24-2)18(14)25-3/h4-9H,10-11H2,1-3H3,(H,21,22). The number of rotatable bonds is 7. The third-order valence-corrected chi connectivity index (χ3v) is 3.68. The predicted molar refractivity (Wildman–Crippen MR) is 92.8 cm³/mol. The molecule has 6 nitrogen and oxygen atoms in total. The second-order valence-corrected chi connectivity index (χ2v) is 5.48. The van der Waals surface area contributed by atoms with Crippen LogP contribution < -0.4 is 14.8 Å². The molecule has 0 radical (unpaired) electrons. The molecule has 26 heavy (non-hydrogen) atoms. The van der Waals surface area contributed by atoms with Crippen LogP contribution in [0.2, 0.25) is 0 Å². The summed E-state index contributed by atoms with van der Waals surface area (Å²) in [5.74, 6) is -0.935. The summed E-state index contributed by atoms with van der Waals surface area (Å²) in [6.07, 6.45) is 0. The molecule has 1 N–H and O–H groups in total. The smallest absolute Gasteiger partial charge is 0.342 e. The molecule has 0 spiro atoms.